The van der Waals surface area contributed by atoms with Crippen molar-refractivity contribution in [2.24, 2.45) is 0 Å². The summed E-state index contributed by atoms with van der Waals surface area (Å²) in [4.78, 5) is 37.3. The Hall–Kier alpha value is -1.62. The van der Waals surface area contributed by atoms with Gasteiger partial charge in [-0.25, -0.2) is 0 Å². The number of fused-ring (bicyclic) bond motifs is 1. The molecule has 0 saturated heterocycles. The summed E-state index contributed by atoms with van der Waals surface area (Å²) < 4.78 is 0. The minimum absolute atomic E-state index is 0.00299. The van der Waals surface area contributed by atoms with Crippen molar-refractivity contribution in [3.05, 3.63) is 50.0 Å². The van der Waals surface area contributed by atoms with E-state index in [1.807, 2.05) is 0 Å². The Balaban J connectivity index is 2.37. The number of hydrogen-bond donors (Lipinski definition) is 0. The maximum atomic E-state index is 12.2. The van der Waals surface area contributed by atoms with Gasteiger partial charge in [0.25, 0.3) is 11.8 Å². The smallest absolute Gasteiger partial charge is 0.262 e. The maximum Gasteiger partial charge on any atom is 0.262 e. The predicted octanol–water partition coefficient (Wildman–Crippen LogP) is 3.79. The van der Waals surface area contributed by atoms with Crippen LogP contribution in [0.2, 0.25) is 15.1 Å². The highest BCUT2D eigenvalue weighted by atomic mass is 35.5. The molecule has 112 valence electrons. The van der Waals surface area contributed by atoms with E-state index in [4.69, 9.17) is 34.8 Å². The van der Waals surface area contributed by atoms with Crippen molar-refractivity contribution in [2.75, 3.05) is 7.05 Å². The van der Waals surface area contributed by atoms with Crippen molar-refractivity contribution in [2.45, 2.75) is 6.42 Å². The van der Waals surface area contributed by atoms with Crippen LogP contribution in [-0.4, -0.2) is 29.5 Å². The van der Waals surface area contributed by atoms with Gasteiger partial charge in [-0.2, -0.15) is 0 Å². The van der Waals surface area contributed by atoms with Gasteiger partial charge >= 0.3 is 0 Å². The van der Waals surface area contributed by atoms with Crippen LogP contribution in [0.15, 0.2) is 18.2 Å². The lowest BCUT2D eigenvalue weighted by molar-refractivity contribution is -0.113. The molecule has 0 saturated carbocycles. The molecule has 1 aliphatic carbocycles. The van der Waals surface area contributed by atoms with E-state index < -0.39 is 11.8 Å². The van der Waals surface area contributed by atoms with Gasteiger partial charge in [0.2, 0.25) is 0 Å². The van der Waals surface area contributed by atoms with Gasteiger partial charge in [-0.3, -0.25) is 19.3 Å². The van der Waals surface area contributed by atoms with Crippen molar-refractivity contribution in [1.82, 2.24) is 4.90 Å². The second-order valence-electron chi connectivity index (χ2n) is 4.87. The number of Topliss-reactive ketones (excluding diaryl/α,β-unsaturated/α-hetero) is 1. The molecule has 0 unspecified atom stereocenters. The molecular formula is C15H8Cl3NO3. The van der Waals surface area contributed by atoms with Crippen molar-refractivity contribution in [1.29, 1.82) is 0 Å². The van der Waals surface area contributed by atoms with Crippen molar-refractivity contribution in [3.63, 3.8) is 0 Å². The van der Waals surface area contributed by atoms with E-state index in [0.29, 0.717) is 0 Å². The van der Waals surface area contributed by atoms with Crippen LogP contribution >= 0.6 is 34.8 Å². The van der Waals surface area contributed by atoms with Crippen LogP contribution in [0.3, 0.4) is 0 Å². The van der Waals surface area contributed by atoms with E-state index in [0.717, 1.165) is 4.90 Å². The van der Waals surface area contributed by atoms with Gasteiger partial charge < -0.3 is 0 Å². The Bertz CT molecular complexity index is 824. The summed E-state index contributed by atoms with van der Waals surface area (Å²) in [6.07, 6.45) is 5.17. The third-order valence-corrected chi connectivity index (χ3v) is 4.86. The highest BCUT2D eigenvalue weighted by Gasteiger charge is 2.40. The van der Waals surface area contributed by atoms with Gasteiger partial charge in [0.1, 0.15) is 0 Å². The topological polar surface area (TPSA) is 54.5 Å². The highest BCUT2D eigenvalue weighted by molar-refractivity contribution is 6.51. The molecule has 0 bridgehead atoms. The zero-order valence-electron chi connectivity index (χ0n) is 11.2. The standard InChI is InChI=1S/C15H8Cl3NO3/c1-19-14(21)9-10(15(19)22)13(18)12(17)8(11(9)16)6-4-2-3-5-7(6)20/h2-4H,5H2,1H3. The summed E-state index contributed by atoms with van der Waals surface area (Å²) in [6, 6.07) is 0. The molecule has 1 aromatic carbocycles. The third kappa shape index (κ3) is 1.95. The molecule has 3 rings (SSSR count). The molecular weight excluding hydrogens is 349 g/mol. The lowest BCUT2D eigenvalue weighted by Gasteiger charge is -2.15. The van der Waals surface area contributed by atoms with Gasteiger partial charge in [-0.1, -0.05) is 53.0 Å². The third-order valence-electron chi connectivity index (χ3n) is 3.63. The summed E-state index contributed by atoms with van der Waals surface area (Å²) in [7, 11) is 1.33. The SMILES string of the molecule is CN1C(=O)c2c(Cl)c(Cl)c(C3=CC=CCC3=O)c(Cl)c2C1=O. The van der Waals surface area contributed by atoms with Crippen LogP contribution in [0, 0.1) is 0 Å². The van der Waals surface area contributed by atoms with Crippen LogP contribution in [0.1, 0.15) is 32.7 Å². The maximum absolute atomic E-state index is 12.2. The molecule has 1 heterocycles. The molecule has 0 spiro atoms. The van der Waals surface area contributed by atoms with Crippen molar-refractivity contribution in [3.8, 4) is 0 Å². The van der Waals surface area contributed by atoms with Crippen molar-refractivity contribution < 1.29 is 14.4 Å². The van der Waals surface area contributed by atoms with E-state index in [9.17, 15) is 14.4 Å². The number of imide groups is 1. The molecule has 7 heteroatoms. The zero-order chi connectivity index (χ0) is 16.2. The number of rotatable bonds is 1. The van der Waals surface area contributed by atoms with Crippen LogP contribution < -0.4 is 0 Å². The molecule has 1 aliphatic heterocycles. The molecule has 4 nitrogen and oxygen atoms in total. The summed E-state index contributed by atoms with van der Waals surface area (Å²) in [5.74, 6) is -1.32. The van der Waals surface area contributed by atoms with E-state index in [1.54, 1.807) is 18.2 Å². The fourth-order valence-corrected chi connectivity index (χ4v) is 3.47. The number of carbonyl (C=O) groups is 3. The molecule has 0 atom stereocenters. The van der Waals surface area contributed by atoms with E-state index >= 15 is 0 Å². The van der Waals surface area contributed by atoms with E-state index in [1.165, 1.54) is 7.05 Å². The Morgan fingerprint density at radius 2 is 1.45 bits per heavy atom. The second-order valence-corrected chi connectivity index (χ2v) is 6.01. The second kappa shape index (κ2) is 5.23. The molecule has 22 heavy (non-hydrogen) atoms. The predicted molar refractivity (Wildman–Crippen MR) is 84.6 cm³/mol. The summed E-state index contributed by atoms with van der Waals surface area (Å²) >= 11 is 18.7. The largest absolute Gasteiger partial charge is 0.294 e. The molecule has 0 aromatic heterocycles. The number of halogens is 3. The fourth-order valence-electron chi connectivity index (χ4n) is 2.49. The summed E-state index contributed by atoms with van der Waals surface area (Å²) in [5, 5.41) is -0.0965. The first-order valence-corrected chi connectivity index (χ1v) is 7.42. The number of hydrogen-bond acceptors (Lipinski definition) is 3. The molecule has 1 aromatic rings. The first-order valence-electron chi connectivity index (χ1n) is 6.29. The minimum Gasteiger partial charge on any atom is -0.294 e. The highest BCUT2D eigenvalue weighted by Crippen LogP contribution is 2.45. The van der Waals surface area contributed by atoms with Gasteiger partial charge in [-0.15, -0.1) is 0 Å². The van der Waals surface area contributed by atoms with Crippen LogP contribution in [0.4, 0.5) is 0 Å². The molecule has 2 amide bonds. The molecule has 2 aliphatic rings. The van der Waals surface area contributed by atoms with E-state index in [-0.39, 0.29) is 49.5 Å². The number of amides is 2. The van der Waals surface area contributed by atoms with Crippen LogP contribution in [0.5, 0.6) is 0 Å². The van der Waals surface area contributed by atoms with Crippen LogP contribution in [0.25, 0.3) is 5.57 Å². The quantitative estimate of drug-likeness (QED) is 0.568. The van der Waals surface area contributed by atoms with Gasteiger partial charge in [0.05, 0.1) is 26.2 Å². The number of nitrogens with zero attached hydrogens (tertiary/aromatic N) is 1. The monoisotopic (exact) mass is 355 g/mol. The Morgan fingerprint density at radius 1 is 0.909 bits per heavy atom. The van der Waals surface area contributed by atoms with Crippen LogP contribution in [-0.2, 0) is 4.79 Å². The van der Waals surface area contributed by atoms with Gasteiger partial charge in [-0.05, 0) is 0 Å². The number of carbonyl (C=O) groups excluding carboxylic acids is 3. The van der Waals surface area contributed by atoms with Gasteiger partial charge in [0, 0.05) is 24.6 Å². The molecule has 0 N–H and O–H groups in total. The Labute approximate surface area is 140 Å². The molecule has 0 fully saturated rings. The minimum atomic E-state index is -0.566. The lowest BCUT2D eigenvalue weighted by atomic mass is 9.93. The lowest BCUT2D eigenvalue weighted by Crippen LogP contribution is -2.24. The average molecular weight is 357 g/mol. The van der Waals surface area contributed by atoms with Gasteiger partial charge in [0.15, 0.2) is 5.78 Å². The summed E-state index contributed by atoms with van der Waals surface area (Å²) in [5.41, 5.74) is 0.434. The zero-order valence-corrected chi connectivity index (χ0v) is 13.5. The van der Waals surface area contributed by atoms with E-state index in [2.05, 4.69) is 0 Å². The first-order chi connectivity index (χ1) is 10.4. The number of benzene rings is 1. The number of allylic oxidation sites excluding steroid dienone is 4. The molecule has 0 radical (unpaired) electrons. The average Bonchev–Trinajstić information content (AvgIpc) is 2.72. The fraction of sp³-hybridized carbons (Fsp3) is 0.133. The number of ketones is 1. The Morgan fingerprint density at radius 3 is 2.05 bits per heavy atom. The normalized spacial score (nSPS) is 17.2. The van der Waals surface area contributed by atoms with Crippen molar-refractivity contribution >= 4 is 58.0 Å². The summed E-state index contributed by atoms with van der Waals surface area (Å²) in [6.45, 7) is 0. The Kier molecular flexibility index (Phi) is 3.63. The first kappa shape index (κ1) is 15.3.